The van der Waals surface area contributed by atoms with Gasteiger partial charge in [-0.3, -0.25) is 0 Å². The Balaban J connectivity index is 2.14. The summed E-state index contributed by atoms with van der Waals surface area (Å²) in [6.45, 7) is 8.70. The molecule has 2 aromatic carbocycles. The minimum Gasteiger partial charge on any atom is -0.543 e. The molecule has 3 aromatic rings. The summed E-state index contributed by atoms with van der Waals surface area (Å²) >= 11 is 1.73. The van der Waals surface area contributed by atoms with Gasteiger partial charge in [0.1, 0.15) is 11.4 Å². The van der Waals surface area contributed by atoms with Crippen LogP contribution in [0.1, 0.15) is 16.0 Å². The number of benzene rings is 2. The van der Waals surface area contributed by atoms with Crippen LogP contribution in [0.25, 0.3) is 0 Å². The number of hydrogen-bond donors (Lipinski definition) is 0. The van der Waals surface area contributed by atoms with Crippen molar-refractivity contribution in [3.8, 4) is 5.75 Å². The maximum absolute atomic E-state index is 6.25. The molecule has 0 aliphatic rings. The van der Waals surface area contributed by atoms with Crippen LogP contribution in [0.4, 0.5) is 5.69 Å². The summed E-state index contributed by atoms with van der Waals surface area (Å²) in [5.41, 5.74) is 4.25. The van der Waals surface area contributed by atoms with Gasteiger partial charge in [0.15, 0.2) is 0 Å². The number of aryl methyl sites for hydroxylation is 1. The number of nitrogens with zero attached hydrogens (tertiary/aromatic N) is 1. The SMILES string of the molecule is Cc1ccsc1C(=Nc1ccccc1O[Si](C)(C)C)c1ccccc1. The van der Waals surface area contributed by atoms with Crippen molar-refractivity contribution in [1.82, 2.24) is 0 Å². The van der Waals surface area contributed by atoms with Crippen LogP contribution >= 0.6 is 11.3 Å². The first-order valence-electron chi connectivity index (χ1n) is 8.41. The third-order valence-corrected chi connectivity index (χ3v) is 5.49. The Morgan fingerprint density at radius 3 is 2.24 bits per heavy atom. The van der Waals surface area contributed by atoms with Gasteiger partial charge in [0, 0.05) is 5.56 Å². The van der Waals surface area contributed by atoms with Crippen molar-refractivity contribution in [2.24, 2.45) is 4.99 Å². The molecular weight excluding hydrogens is 342 g/mol. The van der Waals surface area contributed by atoms with E-state index in [0.29, 0.717) is 0 Å². The fourth-order valence-electron chi connectivity index (χ4n) is 2.54. The standard InChI is InChI=1S/C21H23NOSSi/c1-16-14-15-24-21(16)20(17-10-6-5-7-11-17)22-18-12-8-9-13-19(18)23-25(2,3)4/h5-15H,1-4H3. The van der Waals surface area contributed by atoms with E-state index >= 15 is 0 Å². The van der Waals surface area contributed by atoms with Gasteiger partial charge >= 0.3 is 0 Å². The smallest absolute Gasteiger partial charge is 0.242 e. The van der Waals surface area contributed by atoms with Crippen LogP contribution in [0.3, 0.4) is 0 Å². The Hall–Kier alpha value is -2.17. The van der Waals surface area contributed by atoms with E-state index < -0.39 is 8.32 Å². The lowest BCUT2D eigenvalue weighted by Gasteiger charge is -2.20. The lowest BCUT2D eigenvalue weighted by atomic mass is 10.1. The van der Waals surface area contributed by atoms with E-state index in [-0.39, 0.29) is 0 Å². The van der Waals surface area contributed by atoms with Gasteiger partial charge in [-0.2, -0.15) is 0 Å². The second kappa shape index (κ2) is 7.38. The first-order valence-corrected chi connectivity index (χ1v) is 12.7. The van der Waals surface area contributed by atoms with E-state index in [1.807, 2.05) is 30.3 Å². The summed E-state index contributed by atoms with van der Waals surface area (Å²) in [5.74, 6) is 0.865. The van der Waals surface area contributed by atoms with Gasteiger partial charge in [0.25, 0.3) is 0 Å². The molecule has 25 heavy (non-hydrogen) atoms. The maximum atomic E-state index is 6.25. The van der Waals surface area contributed by atoms with Crippen LogP contribution < -0.4 is 4.43 Å². The van der Waals surface area contributed by atoms with Gasteiger partial charge in [0.2, 0.25) is 8.32 Å². The first kappa shape index (κ1) is 17.6. The van der Waals surface area contributed by atoms with Crippen molar-refractivity contribution >= 4 is 31.1 Å². The van der Waals surface area contributed by atoms with Gasteiger partial charge in [0.05, 0.1) is 10.6 Å². The fourth-order valence-corrected chi connectivity index (χ4v) is 4.31. The van der Waals surface area contributed by atoms with Crippen LogP contribution in [0.5, 0.6) is 5.75 Å². The average molecular weight is 366 g/mol. The molecule has 0 spiro atoms. The second-order valence-electron chi connectivity index (χ2n) is 6.94. The topological polar surface area (TPSA) is 21.6 Å². The Morgan fingerprint density at radius 2 is 1.60 bits per heavy atom. The number of rotatable bonds is 5. The third-order valence-electron chi connectivity index (χ3n) is 3.64. The number of hydrogen-bond acceptors (Lipinski definition) is 3. The molecule has 0 amide bonds. The van der Waals surface area contributed by atoms with Gasteiger partial charge in [-0.1, -0.05) is 42.5 Å². The molecule has 0 aliphatic carbocycles. The van der Waals surface area contributed by atoms with Gasteiger partial charge in [-0.15, -0.1) is 11.3 Å². The molecule has 0 fully saturated rings. The highest BCUT2D eigenvalue weighted by Crippen LogP contribution is 2.32. The molecular formula is C21H23NOSSi. The van der Waals surface area contributed by atoms with Gasteiger partial charge in [-0.05, 0) is 55.7 Å². The van der Waals surface area contributed by atoms with E-state index in [1.54, 1.807) is 11.3 Å². The molecule has 3 rings (SSSR count). The Morgan fingerprint density at radius 1 is 0.920 bits per heavy atom. The zero-order valence-corrected chi connectivity index (χ0v) is 16.9. The number of aliphatic imine (C=N–C) groups is 1. The van der Waals surface area contributed by atoms with Crippen molar-refractivity contribution in [3.05, 3.63) is 82.0 Å². The summed E-state index contributed by atoms with van der Waals surface area (Å²) in [4.78, 5) is 6.24. The van der Waals surface area contributed by atoms with Crippen LogP contribution in [0.15, 0.2) is 71.0 Å². The highest BCUT2D eigenvalue weighted by Gasteiger charge is 2.19. The van der Waals surface area contributed by atoms with E-state index in [4.69, 9.17) is 9.42 Å². The summed E-state index contributed by atoms with van der Waals surface area (Å²) in [5, 5.41) is 2.12. The van der Waals surface area contributed by atoms with Crippen molar-refractivity contribution in [3.63, 3.8) is 0 Å². The molecule has 0 unspecified atom stereocenters. The monoisotopic (exact) mass is 365 g/mol. The molecule has 0 atom stereocenters. The van der Waals surface area contributed by atoms with Crippen LogP contribution in [-0.2, 0) is 0 Å². The minimum atomic E-state index is -1.70. The van der Waals surface area contributed by atoms with E-state index in [0.717, 1.165) is 22.7 Å². The Bertz CT molecular complexity index is 878. The summed E-state index contributed by atoms with van der Waals surface area (Å²) < 4.78 is 6.25. The maximum Gasteiger partial charge on any atom is 0.242 e. The number of thiophene rings is 1. The molecule has 128 valence electrons. The molecule has 0 saturated carbocycles. The summed E-state index contributed by atoms with van der Waals surface area (Å²) in [6, 6.07) is 20.6. The summed E-state index contributed by atoms with van der Waals surface area (Å²) in [6.07, 6.45) is 0. The second-order valence-corrected chi connectivity index (χ2v) is 12.3. The third kappa shape index (κ3) is 4.47. The van der Waals surface area contributed by atoms with Gasteiger partial charge < -0.3 is 4.43 Å². The van der Waals surface area contributed by atoms with E-state index in [1.165, 1.54) is 10.4 Å². The summed E-state index contributed by atoms with van der Waals surface area (Å²) in [7, 11) is -1.70. The van der Waals surface area contributed by atoms with Crippen molar-refractivity contribution in [2.45, 2.75) is 26.6 Å². The molecule has 4 heteroatoms. The average Bonchev–Trinajstić information content (AvgIpc) is 2.99. The lowest BCUT2D eigenvalue weighted by Crippen LogP contribution is -2.29. The predicted molar refractivity (Wildman–Crippen MR) is 111 cm³/mol. The molecule has 1 aromatic heterocycles. The quantitative estimate of drug-likeness (QED) is 0.376. The van der Waals surface area contributed by atoms with Crippen molar-refractivity contribution in [2.75, 3.05) is 0 Å². The van der Waals surface area contributed by atoms with E-state index in [9.17, 15) is 0 Å². The highest BCUT2D eigenvalue weighted by molar-refractivity contribution is 7.12. The molecule has 0 saturated heterocycles. The molecule has 1 heterocycles. The number of para-hydroxylation sites is 2. The zero-order chi connectivity index (χ0) is 17.9. The zero-order valence-electron chi connectivity index (χ0n) is 15.1. The van der Waals surface area contributed by atoms with Crippen LogP contribution in [0, 0.1) is 6.92 Å². The Labute approximate surface area is 155 Å². The fraction of sp³-hybridized carbons (Fsp3) is 0.190. The van der Waals surface area contributed by atoms with Crippen LogP contribution in [-0.4, -0.2) is 14.0 Å². The largest absolute Gasteiger partial charge is 0.543 e. The lowest BCUT2D eigenvalue weighted by molar-refractivity contribution is 0.559. The van der Waals surface area contributed by atoms with Gasteiger partial charge in [-0.25, -0.2) is 4.99 Å². The normalized spacial score (nSPS) is 12.2. The minimum absolute atomic E-state index is 0.865. The molecule has 0 radical (unpaired) electrons. The predicted octanol–water partition coefficient (Wildman–Crippen LogP) is 6.44. The first-order chi connectivity index (χ1) is 11.9. The molecule has 0 aliphatic heterocycles. The molecule has 0 bridgehead atoms. The highest BCUT2D eigenvalue weighted by atomic mass is 32.1. The van der Waals surface area contributed by atoms with E-state index in [2.05, 4.69) is 62.3 Å². The molecule has 0 N–H and O–H groups in total. The van der Waals surface area contributed by atoms with Crippen LogP contribution in [0.2, 0.25) is 19.6 Å². The molecule has 2 nitrogen and oxygen atoms in total. The van der Waals surface area contributed by atoms with Crippen molar-refractivity contribution < 1.29 is 4.43 Å². The Kier molecular flexibility index (Phi) is 5.21. The van der Waals surface area contributed by atoms with Crippen molar-refractivity contribution in [1.29, 1.82) is 0 Å².